The number of hydrogen-bond donors (Lipinski definition) is 0. The average molecular weight is 180 g/mol. The largest absolute Gasteiger partial charge is 0.247 e. The summed E-state index contributed by atoms with van der Waals surface area (Å²) in [6.07, 6.45) is 4.15. The van der Waals surface area contributed by atoms with Gasteiger partial charge in [-0.2, -0.15) is 0 Å². The highest BCUT2D eigenvalue weighted by Crippen LogP contribution is 2.26. The molecule has 1 rings (SSSR count). The van der Waals surface area contributed by atoms with Crippen LogP contribution in [-0.2, 0) is 11.8 Å². The van der Waals surface area contributed by atoms with Crippen LogP contribution in [0.15, 0.2) is 0 Å². The molecule has 52 valence electrons. The summed E-state index contributed by atoms with van der Waals surface area (Å²) in [5, 5.41) is 0. The molecule has 1 heterocycles. The minimum Gasteiger partial charge on any atom is -0.210 e. The Kier molecular flexibility index (Phi) is 4.07. The smallest absolute Gasteiger partial charge is 0.210 e. The zero-order valence-corrected chi connectivity index (χ0v) is 7.93. The second kappa shape index (κ2) is 4.62. The van der Waals surface area contributed by atoms with E-state index in [0.29, 0.717) is 6.56 Å². The Labute approximate surface area is 66.9 Å². The standard InChI is InChI=1S/C5H10NPS2/c8-7-9-6-4-2-1-3-5-6/h1-5H2/p+1. The zero-order chi connectivity index (χ0) is 6.53. The monoisotopic (exact) mass is 180 g/mol. The van der Waals surface area contributed by atoms with Gasteiger partial charge in [0.1, 0.15) is 0 Å². The van der Waals surface area contributed by atoms with Crippen molar-refractivity contribution in [3.8, 4) is 0 Å². The van der Waals surface area contributed by atoms with Crippen molar-refractivity contribution in [1.29, 1.82) is 0 Å². The van der Waals surface area contributed by atoms with E-state index in [1.807, 2.05) is 11.6 Å². The fourth-order valence-electron chi connectivity index (χ4n) is 1.01. The van der Waals surface area contributed by atoms with Crippen LogP contribution in [0.5, 0.6) is 0 Å². The molecule has 4 heteroatoms. The lowest BCUT2D eigenvalue weighted by atomic mass is 10.2. The Morgan fingerprint density at radius 2 is 1.89 bits per heavy atom. The van der Waals surface area contributed by atoms with Crippen LogP contribution in [0, 0.1) is 0 Å². The van der Waals surface area contributed by atoms with E-state index >= 15 is 0 Å². The topological polar surface area (TPSA) is 3.24 Å². The van der Waals surface area contributed by atoms with Gasteiger partial charge in [0, 0.05) is 13.1 Å². The lowest BCUT2D eigenvalue weighted by Gasteiger charge is -2.19. The molecule has 1 aliphatic rings. The summed E-state index contributed by atoms with van der Waals surface area (Å²) in [6.45, 7) is 3.13. The maximum Gasteiger partial charge on any atom is 0.247 e. The van der Waals surface area contributed by atoms with Crippen molar-refractivity contribution in [3.05, 3.63) is 0 Å². The summed E-state index contributed by atoms with van der Waals surface area (Å²) >= 11 is 6.71. The molecule has 0 aromatic heterocycles. The van der Waals surface area contributed by atoms with Gasteiger partial charge in [0.25, 0.3) is 0 Å². The highest BCUT2D eigenvalue weighted by molar-refractivity contribution is 8.56. The van der Waals surface area contributed by atoms with Crippen LogP contribution in [0.25, 0.3) is 0 Å². The van der Waals surface area contributed by atoms with Crippen LogP contribution in [0.4, 0.5) is 0 Å². The van der Waals surface area contributed by atoms with Crippen molar-refractivity contribution < 1.29 is 0 Å². The fourth-order valence-corrected chi connectivity index (χ4v) is 3.37. The quantitative estimate of drug-likeness (QED) is 0.473. The molecule has 1 nitrogen and oxygen atoms in total. The van der Waals surface area contributed by atoms with E-state index in [-0.39, 0.29) is 0 Å². The number of rotatable bonds is 2. The molecule has 0 aromatic rings. The minimum absolute atomic E-state index is 0.615. The number of piperidine rings is 1. The molecule has 1 aliphatic heterocycles. The Bertz CT molecular complexity index is 93.0. The molecule has 0 aliphatic carbocycles. The number of nitrogens with zero attached hydrogens (tertiary/aromatic N) is 1. The third-order valence-corrected chi connectivity index (χ3v) is 3.85. The van der Waals surface area contributed by atoms with Gasteiger partial charge in [-0.3, -0.25) is 0 Å². The Morgan fingerprint density at radius 1 is 1.22 bits per heavy atom. The van der Waals surface area contributed by atoms with E-state index in [4.69, 9.17) is 11.8 Å². The van der Waals surface area contributed by atoms with Gasteiger partial charge in [0.15, 0.2) is 23.4 Å². The van der Waals surface area contributed by atoms with E-state index in [2.05, 4.69) is 4.31 Å². The van der Waals surface area contributed by atoms with Crippen LogP contribution in [-0.4, -0.2) is 17.4 Å². The van der Waals surface area contributed by atoms with E-state index in [1.54, 1.807) is 0 Å². The van der Waals surface area contributed by atoms with Gasteiger partial charge >= 0.3 is 0 Å². The van der Waals surface area contributed by atoms with Crippen LogP contribution >= 0.6 is 18.1 Å². The third-order valence-electron chi connectivity index (χ3n) is 1.48. The molecule has 0 N–H and O–H groups in total. The van der Waals surface area contributed by atoms with Gasteiger partial charge in [0.05, 0.1) is 0 Å². The molecule has 1 saturated heterocycles. The average Bonchev–Trinajstić information content (AvgIpc) is 1.91. The van der Waals surface area contributed by atoms with Crippen molar-refractivity contribution in [2.75, 3.05) is 13.1 Å². The van der Waals surface area contributed by atoms with Crippen LogP contribution in [0.3, 0.4) is 0 Å². The predicted molar refractivity (Wildman–Crippen MR) is 48.7 cm³/mol. The summed E-state index contributed by atoms with van der Waals surface area (Å²) in [5.74, 6) is 0. The van der Waals surface area contributed by atoms with Gasteiger partial charge in [-0.25, -0.2) is 4.31 Å². The summed E-state index contributed by atoms with van der Waals surface area (Å²) in [4.78, 5) is 0. The lowest BCUT2D eigenvalue weighted by molar-refractivity contribution is 0.383. The second-order valence-corrected chi connectivity index (χ2v) is 5.58. The van der Waals surface area contributed by atoms with Crippen LogP contribution < -0.4 is 0 Å². The van der Waals surface area contributed by atoms with Gasteiger partial charge in [-0.05, 0) is 12.8 Å². The molecule has 9 heavy (non-hydrogen) atoms. The first-order chi connectivity index (χ1) is 4.43. The van der Waals surface area contributed by atoms with Crippen molar-refractivity contribution in [1.82, 2.24) is 4.31 Å². The molecule has 1 fully saturated rings. The molecule has 1 atom stereocenters. The summed E-state index contributed by atoms with van der Waals surface area (Å²) < 4.78 is 2.40. The van der Waals surface area contributed by atoms with E-state index in [0.717, 1.165) is 0 Å². The minimum atomic E-state index is 0.615. The van der Waals surface area contributed by atoms with Crippen molar-refractivity contribution in [2.45, 2.75) is 19.3 Å². The zero-order valence-electron chi connectivity index (χ0n) is 5.30. The molecule has 0 bridgehead atoms. The van der Waals surface area contributed by atoms with Crippen molar-refractivity contribution in [2.24, 2.45) is 0 Å². The molecule has 0 aromatic carbocycles. The van der Waals surface area contributed by atoms with Gasteiger partial charge in [-0.1, -0.05) is 6.42 Å². The Balaban J connectivity index is 2.15. The molecule has 0 amide bonds. The number of hydrogen-bond acceptors (Lipinski definition) is 3. The van der Waals surface area contributed by atoms with E-state index in [9.17, 15) is 0 Å². The molecular formula is C5H11NPS2+. The maximum atomic E-state index is 4.88. The van der Waals surface area contributed by atoms with Gasteiger partial charge in [0.2, 0.25) is 6.56 Å². The molecule has 0 radical (unpaired) electrons. The molecule has 1 unspecified atom stereocenters. The first kappa shape index (κ1) is 7.93. The first-order valence-electron chi connectivity index (χ1n) is 3.22. The molecule has 0 spiro atoms. The summed E-state index contributed by atoms with van der Waals surface area (Å²) in [5.41, 5.74) is 0. The van der Waals surface area contributed by atoms with Gasteiger partial charge < -0.3 is 0 Å². The SMILES string of the molecule is S=[PH+]SN1CCCCC1. The molecular weight excluding hydrogens is 169 g/mol. The maximum absolute atomic E-state index is 4.88. The highest BCUT2D eigenvalue weighted by Gasteiger charge is 2.12. The first-order valence-corrected chi connectivity index (χ1v) is 6.85. The normalized spacial score (nSPS) is 22.7. The summed E-state index contributed by atoms with van der Waals surface area (Å²) in [6, 6.07) is 0. The predicted octanol–water partition coefficient (Wildman–Crippen LogP) is 2.18. The summed E-state index contributed by atoms with van der Waals surface area (Å²) in [7, 11) is 0. The van der Waals surface area contributed by atoms with Crippen LogP contribution in [0.2, 0.25) is 0 Å². The Hall–Kier alpha value is 0.830. The highest BCUT2D eigenvalue weighted by atomic mass is 32.9. The second-order valence-electron chi connectivity index (χ2n) is 2.16. The van der Waals surface area contributed by atoms with Gasteiger partial charge in [-0.15, -0.1) is 0 Å². The lowest BCUT2D eigenvalue weighted by Crippen LogP contribution is -2.21. The van der Waals surface area contributed by atoms with E-state index < -0.39 is 0 Å². The Morgan fingerprint density at radius 3 is 2.44 bits per heavy atom. The molecule has 0 saturated carbocycles. The van der Waals surface area contributed by atoms with Crippen molar-refractivity contribution >= 4 is 29.9 Å². The fraction of sp³-hybridized carbons (Fsp3) is 1.00. The van der Waals surface area contributed by atoms with Crippen molar-refractivity contribution in [3.63, 3.8) is 0 Å². The van der Waals surface area contributed by atoms with Crippen LogP contribution in [0.1, 0.15) is 19.3 Å². The van der Waals surface area contributed by atoms with E-state index in [1.165, 1.54) is 32.4 Å². The third kappa shape index (κ3) is 2.94.